The third-order valence-corrected chi connectivity index (χ3v) is 3.55. The van der Waals surface area contributed by atoms with Gasteiger partial charge in [-0.3, -0.25) is 0 Å². The van der Waals surface area contributed by atoms with Crippen molar-refractivity contribution in [1.82, 2.24) is 0 Å². The Bertz CT molecular complexity index is 623. The highest BCUT2D eigenvalue weighted by atomic mass is 35.5. The highest BCUT2D eigenvalue weighted by Gasteiger charge is 2.09. The Labute approximate surface area is 130 Å². The highest BCUT2D eigenvalue weighted by molar-refractivity contribution is 6.32. The Morgan fingerprint density at radius 2 is 1.86 bits per heavy atom. The molecule has 0 aromatic heterocycles. The van der Waals surface area contributed by atoms with Gasteiger partial charge in [0.05, 0.1) is 18.2 Å². The Hall–Kier alpha value is -1.71. The molecule has 0 saturated heterocycles. The van der Waals surface area contributed by atoms with E-state index in [1.807, 2.05) is 25.1 Å². The van der Waals surface area contributed by atoms with Crippen LogP contribution in [0.1, 0.15) is 29.7 Å². The van der Waals surface area contributed by atoms with Gasteiger partial charge < -0.3 is 14.6 Å². The molecule has 0 fully saturated rings. The van der Waals surface area contributed by atoms with Gasteiger partial charge in [0, 0.05) is 5.56 Å². The van der Waals surface area contributed by atoms with Gasteiger partial charge in [0.1, 0.15) is 18.1 Å². The van der Waals surface area contributed by atoms with E-state index in [1.54, 1.807) is 32.2 Å². The molecule has 3 nitrogen and oxygen atoms in total. The molecular weight excluding hydrogens is 288 g/mol. The van der Waals surface area contributed by atoms with E-state index in [1.165, 1.54) is 0 Å². The summed E-state index contributed by atoms with van der Waals surface area (Å²) in [6, 6.07) is 11.2. The lowest BCUT2D eigenvalue weighted by Gasteiger charge is -2.13. The van der Waals surface area contributed by atoms with Gasteiger partial charge in [-0.25, -0.2) is 0 Å². The maximum absolute atomic E-state index is 9.53. The van der Waals surface area contributed by atoms with Crippen molar-refractivity contribution in [2.75, 3.05) is 7.11 Å². The summed E-state index contributed by atoms with van der Waals surface area (Å²) in [7, 11) is 1.64. The molecule has 0 spiro atoms. The van der Waals surface area contributed by atoms with Gasteiger partial charge in [0.15, 0.2) is 0 Å². The molecule has 21 heavy (non-hydrogen) atoms. The fraction of sp³-hybridized carbons (Fsp3) is 0.294. The van der Waals surface area contributed by atoms with E-state index in [9.17, 15) is 5.11 Å². The molecule has 1 atom stereocenters. The van der Waals surface area contributed by atoms with Crippen molar-refractivity contribution < 1.29 is 14.6 Å². The third-order valence-electron chi connectivity index (χ3n) is 3.26. The van der Waals surface area contributed by atoms with Crippen LogP contribution < -0.4 is 9.47 Å². The van der Waals surface area contributed by atoms with Crippen molar-refractivity contribution in [3.8, 4) is 11.5 Å². The zero-order chi connectivity index (χ0) is 15.4. The lowest BCUT2D eigenvalue weighted by Crippen LogP contribution is -2.00. The van der Waals surface area contributed by atoms with E-state index in [2.05, 4.69) is 0 Å². The first-order valence-electron chi connectivity index (χ1n) is 6.75. The summed E-state index contributed by atoms with van der Waals surface area (Å²) in [4.78, 5) is 0. The Kier molecular flexibility index (Phi) is 5.10. The third kappa shape index (κ3) is 3.90. The molecule has 0 amide bonds. The maximum atomic E-state index is 9.53. The number of ether oxygens (including phenoxy) is 2. The van der Waals surface area contributed by atoms with E-state index in [-0.39, 0.29) is 0 Å². The van der Waals surface area contributed by atoms with Gasteiger partial charge in [0.25, 0.3) is 0 Å². The maximum Gasteiger partial charge on any atom is 0.138 e. The second-order valence-electron chi connectivity index (χ2n) is 4.97. The van der Waals surface area contributed by atoms with E-state index in [0.717, 1.165) is 22.4 Å². The van der Waals surface area contributed by atoms with Gasteiger partial charge in [0.2, 0.25) is 0 Å². The summed E-state index contributed by atoms with van der Waals surface area (Å²) in [5.41, 5.74) is 2.87. The molecule has 1 N–H and O–H groups in total. The van der Waals surface area contributed by atoms with Crippen LogP contribution in [0.3, 0.4) is 0 Å². The molecule has 0 aliphatic carbocycles. The molecule has 2 aromatic rings. The average molecular weight is 307 g/mol. The molecule has 4 heteroatoms. The largest absolute Gasteiger partial charge is 0.496 e. The molecule has 0 aliphatic heterocycles. The summed E-state index contributed by atoms with van der Waals surface area (Å²) in [5, 5.41) is 10.0. The molecule has 0 radical (unpaired) electrons. The average Bonchev–Trinajstić information content (AvgIpc) is 2.46. The Balaban J connectivity index is 2.15. The first-order valence-corrected chi connectivity index (χ1v) is 7.13. The van der Waals surface area contributed by atoms with Gasteiger partial charge in [-0.2, -0.15) is 0 Å². The van der Waals surface area contributed by atoms with Crippen LogP contribution in [-0.2, 0) is 6.61 Å². The molecule has 0 bridgehead atoms. The first-order chi connectivity index (χ1) is 10.0. The van der Waals surface area contributed by atoms with Crippen LogP contribution >= 0.6 is 11.6 Å². The molecule has 0 saturated carbocycles. The van der Waals surface area contributed by atoms with Crippen molar-refractivity contribution in [3.63, 3.8) is 0 Å². The number of aliphatic hydroxyl groups is 1. The minimum Gasteiger partial charge on any atom is -0.496 e. The summed E-state index contributed by atoms with van der Waals surface area (Å²) in [5.74, 6) is 1.38. The van der Waals surface area contributed by atoms with E-state index in [4.69, 9.17) is 21.1 Å². The lowest BCUT2D eigenvalue weighted by atomic mass is 10.1. The predicted octanol–water partition coefficient (Wildman–Crippen LogP) is 4.29. The molecular formula is C17H19ClO3. The lowest BCUT2D eigenvalue weighted by molar-refractivity contribution is 0.199. The van der Waals surface area contributed by atoms with Crippen molar-refractivity contribution in [2.24, 2.45) is 0 Å². The van der Waals surface area contributed by atoms with E-state index < -0.39 is 6.10 Å². The Morgan fingerprint density at radius 1 is 1.14 bits per heavy atom. The number of hydrogen-bond donors (Lipinski definition) is 1. The van der Waals surface area contributed by atoms with Crippen molar-refractivity contribution in [3.05, 3.63) is 58.1 Å². The van der Waals surface area contributed by atoms with E-state index in [0.29, 0.717) is 17.4 Å². The van der Waals surface area contributed by atoms with Crippen molar-refractivity contribution >= 4 is 11.6 Å². The summed E-state index contributed by atoms with van der Waals surface area (Å²) in [6.45, 7) is 4.09. The van der Waals surface area contributed by atoms with Crippen molar-refractivity contribution in [2.45, 2.75) is 26.6 Å². The number of halogens is 1. The van der Waals surface area contributed by atoms with Crippen molar-refractivity contribution in [1.29, 1.82) is 0 Å². The summed E-state index contributed by atoms with van der Waals surface area (Å²) in [6.07, 6.45) is -0.548. The zero-order valence-corrected chi connectivity index (χ0v) is 13.1. The fourth-order valence-electron chi connectivity index (χ4n) is 2.07. The van der Waals surface area contributed by atoms with E-state index >= 15 is 0 Å². The van der Waals surface area contributed by atoms with Crippen LogP contribution in [0.15, 0.2) is 36.4 Å². The second-order valence-corrected chi connectivity index (χ2v) is 5.38. The molecule has 0 aliphatic rings. The Morgan fingerprint density at radius 3 is 2.48 bits per heavy atom. The zero-order valence-electron chi connectivity index (χ0n) is 12.4. The van der Waals surface area contributed by atoms with Gasteiger partial charge in [-0.05, 0) is 43.7 Å². The quantitative estimate of drug-likeness (QED) is 0.895. The highest BCUT2D eigenvalue weighted by Crippen LogP contribution is 2.29. The number of methoxy groups -OCH3 is 1. The number of hydrogen-bond acceptors (Lipinski definition) is 3. The first kappa shape index (κ1) is 15.7. The SMILES string of the molecule is COc1ccc(C)cc1COc1ccc(C(C)O)cc1Cl. The predicted molar refractivity (Wildman–Crippen MR) is 84.1 cm³/mol. The monoisotopic (exact) mass is 306 g/mol. The molecule has 2 aromatic carbocycles. The van der Waals surface area contributed by atoms with Crippen LogP contribution in [-0.4, -0.2) is 12.2 Å². The number of aliphatic hydroxyl groups excluding tert-OH is 1. The molecule has 112 valence electrons. The topological polar surface area (TPSA) is 38.7 Å². The van der Waals surface area contributed by atoms with Crippen LogP contribution in [0.4, 0.5) is 0 Å². The second kappa shape index (κ2) is 6.83. The fourth-order valence-corrected chi connectivity index (χ4v) is 2.31. The van der Waals surface area contributed by atoms with Crippen LogP contribution in [0.25, 0.3) is 0 Å². The van der Waals surface area contributed by atoms with Gasteiger partial charge in [-0.1, -0.05) is 29.3 Å². The minimum absolute atomic E-state index is 0.374. The van der Waals surface area contributed by atoms with Gasteiger partial charge >= 0.3 is 0 Å². The number of benzene rings is 2. The number of aryl methyl sites for hydroxylation is 1. The standard InChI is InChI=1S/C17H19ClO3/c1-11-4-6-16(20-3)14(8-11)10-21-17-7-5-13(12(2)19)9-15(17)18/h4-9,12,19H,10H2,1-3H3. The normalized spacial score (nSPS) is 12.0. The van der Waals surface area contributed by atoms with Crippen LogP contribution in [0.2, 0.25) is 5.02 Å². The molecule has 0 heterocycles. The minimum atomic E-state index is -0.548. The smallest absolute Gasteiger partial charge is 0.138 e. The van der Waals surface area contributed by atoms with Gasteiger partial charge in [-0.15, -0.1) is 0 Å². The van der Waals surface area contributed by atoms with Crippen LogP contribution in [0, 0.1) is 6.92 Å². The number of rotatable bonds is 5. The summed E-state index contributed by atoms with van der Waals surface area (Å²) >= 11 is 6.18. The molecule has 2 rings (SSSR count). The molecule has 1 unspecified atom stereocenters. The summed E-state index contributed by atoms with van der Waals surface area (Å²) < 4.78 is 11.1. The van der Waals surface area contributed by atoms with Crippen LogP contribution in [0.5, 0.6) is 11.5 Å².